The largest absolute Gasteiger partial charge is 0.348 e. The predicted octanol–water partition coefficient (Wildman–Crippen LogP) is 2.09. The summed E-state index contributed by atoms with van der Waals surface area (Å²) in [6.07, 6.45) is 10.1. The SMILES string of the molecule is O=C(C[NH+]1CCc2sccc2[C@H]1C1CC1)NC1CCCCC1. The molecule has 1 unspecified atom stereocenters. The third-order valence-electron chi connectivity index (χ3n) is 5.68. The number of fused-ring (bicyclic) bond motifs is 1. The van der Waals surface area contributed by atoms with Crippen LogP contribution in [0.2, 0.25) is 0 Å². The molecule has 120 valence electrons. The Morgan fingerprint density at radius 3 is 2.82 bits per heavy atom. The van der Waals surface area contributed by atoms with E-state index in [9.17, 15) is 4.79 Å². The summed E-state index contributed by atoms with van der Waals surface area (Å²) in [4.78, 5) is 15.6. The molecule has 1 aliphatic heterocycles. The van der Waals surface area contributed by atoms with Gasteiger partial charge < -0.3 is 10.2 Å². The van der Waals surface area contributed by atoms with Gasteiger partial charge in [0, 0.05) is 28.8 Å². The van der Waals surface area contributed by atoms with Crippen molar-refractivity contribution in [3.8, 4) is 0 Å². The predicted molar refractivity (Wildman–Crippen MR) is 89.2 cm³/mol. The molecule has 2 aliphatic carbocycles. The van der Waals surface area contributed by atoms with E-state index >= 15 is 0 Å². The Morgan fingerprint density at radius 2 is 2.05 bits per heavy atom. The Kier molecular flexibility index (Phi) is 4.23. The highest BCUT2D eigenvalue weighted by molar-refractivity contribution is 7.10. The van der Waals surface area contributed by atoms with Crippen molar-refractivity contribution in [3.63, 3.8) is 0 Å². The number of thiophene rings is 1. The van der Waals surface area contributed by atoms with Crippen molar-refractivity contribution in [2.45, 2.75) is 63.5 Å². The third-order valence-corrected chi connectivity index (χ3v) is 6.68. The van der Waals surface area contributed by atoms with Crippen LogP contribution in [0, 0.1) is 5.92 Å². The maximum atomic E-state index is 12.5. The van der Waals surface area contributed by atoms with E-state index in [1.807, 2.05) is 11.3 Å². The Bertz CT molecular complexity index is 531. The Balaban J connectivity index is 1.40. The van der Waals surface area contributed by atoms with Gasteiger partial charge in [-0.05, 0) is 37.1 Å². The lowest BCUT2D eigenvalue weighted by Gasteiger charge is -2.33. The van der Waals surface area contributed by atoms with Gasteiger partial charge >= 0.3 is 0 Å². The monoisotopic (exact) mass is 319 g/mol. The van der Waals surface area contributed by atoms with Crippen LogP contribution in [-0.4, -0.2) is 25.0 Å². The van der Waals surface area contributed by atoms with E-state index in [4.69, 9.17) is 0 Å². The van der Waals surface area contributed by atoms with Crippen molar-refractivity contribution < 1.29 is 9.69 Å². The van der Waals surface area contributed by atoms with Crippen LogP contribution in [0.15, 0.2) is 11.4 Å². The van der Waals surface area contributed by atoms with Crippen molar-refractivity contribution in [1.29, 1.82) is 0 Å². The standard InChI is InChI=1S/C18H26N2OS/c21-17(19-14-4-2-1-3-5-14)12-20-10-8-16-15(9-11-22-16)18(20)13-6-7-13/h9,11,13-14,18H,1-8,10,12H2,(H,19,21)/p+1/t18-/m1/s1. The molecular formula is C18H27N2OS+. The number of quaternary nitrogens is 1. The van der Waals surface area contributed by atoms with Crippen molar-refractivity contribution in [2.24, 2.45) is 5.92 Å². The highest BCUT2D eigenvalue weighted by atomic mass is 32.1. The zero-order valence-corrected chi connectivity index (χ0v) is 14.1. The molecule has 0 radical (unpaired) electrons. The van der Waals surface area contributed by atoms with Crippen molar-refractivity contribution >= 4 is 17.2 Å². The zero-order valence-electron chi connectivity index (χ0n) is 13.3. The van der Waals surface area contributed by atoms with Crippen LogP contribution in [0.3, 0.4) is 0 Å². The first kappa shape index (κ1) is 14.7. The number of hydrogen-bond acceptors (Lipinski definition) is 2. The van der Waals surface area contributed by atoms with Crippen LogP contribution in [-0.2, 0) is 11.2 Å². The fourth-order valence-electron chi connectivity index (χ4n) is 4.43. The van der Waals surface area contributed by atoms with E-state index in [1.165, 1.54) is 49.8 Å². The molecule has 1 aromatic rings. The summed E-state index contributed by atoms with van der Waals surface area (Å²) in [6, 6.07) is 3.36. The fraction of sp³-hybridized carbons (Fsp3) is 0.722. The van der Waals surface area contributed by atoms with Crippen LogP contribution >= 0.6 is 11.3 Å². The second-order valence-electron chi connectivity index (χ2n) is 7.35. The van der Waals surface area contributed by atoms with Crippen LogP contribution in [0.25, 0.3) is 0 Å². The topological polar surface area (TPSA) is 33.5 Å². The second kappa shape index (κ2) is 6.32. The quantitative estimate of drug-likeness (QED) is 0.875. The minimum absolute atomic E-state index is 0.284. The second-order valence-corrected chi connectivity index (χ2v) is 8.35. The summed E-state index contributed by atoms with van der Waals surface area (Å²) in [6.45, 7) is 1.81. The first-order valence-electron chi connectivity index (χ1n) is 9.01. The average molecular weight is 319 g/mol. The van der Waals surface area contributed by atoms with Gasteiger partial charge in [-0.15, -0.1) is 11.3 Å². The van der Waals surface area contributed by atoms with Crippen LogP contribution in [0.1, 0.15) is 61.4 Å². The molecule has 1 aromatic heterocycles. The van der Waals surface area contributed by atoms with Gasteiger partial charge in [0.15, 0.2) is 6.54 Å². The highest BCUT2D eigenvalue weighted by Crippen LogP contribution is 2.42. The van der Waals surface area contributed by atoms with Gasteiger partial charge in [0.2, 0.25) is 0 Å². The molecular weight excluding hydrogens is 292 g/mol. The van der Waals surface area contributed by atoms with Crippen LogP contribution in [0.4, 0.5) is 0 Å². The molecule has 4 rings (SSSR count). The molecule has 0 aromatic carbocycles. The minimum Gasteiger partial charge on any atom is -0.348 e. The summed E-state index contributed by atoms with van der Waals surface area (Å²) in [5.41, 5.74) is 1.55. The molecule has 3 nitrogen and oxygen atoms in total. The lowest BCUT2D eigenvalue weighted by molar-refractivity contribution is -0.928. The Morgan fingerprint density at radius 1 is 1.23 bits per heavy atom. The highest BCUT2D eigenvalue weighted by Gasteiger charge is 2.43. The summed E-state index contributed by atoms with van der Waals surface area (Å²) in [5.74, 6) is 1.11. The molecule has 2 N–H and O–H groups in total. The van der Waals surface area contributed by atoms with Crippen LogP contribution < -0.4 is 10.2 Å². The number of hydrogen-bond donors (Lipinski definition) is 2. The lowest BCUT2D eigenvalue weighted by atomic mass is 9.95. The van der Waals surface area contributed by atoms with E-state index in [-0.39, 0.29) is 5.91 Å². The normalized spacial score (nSPS) is 29.1. The minimum atomic E-state index is 0.284. The van der Waals surface area contributed by atoms with Crippen LogP contribution in [0.5, 0.6) is 0 Å². The molecule has 0 bridgehead atoms. The molecule has 3 aliphatic rings. The molecule has 0 spiro atoms. The lowest BCUT2D eigenvalue weighted by Crippen LogP contribution is -3.14. The third kappa shape index (κ3) is 3.09. The van der Waals surface area contributed by atoms with E-state index in [1.54, 1.807) is 10.4 Å². The molecule has 1 amide bonds. The van der Waals surface area contributed by atoms with E-state index < -0.39 is 0 Å². The van der Waals surface area contributed by atoms with Crippen molar-refractivity contribution in [2.75, 3.05) is 13.1 Å². The Hall–Kier alpha value is -0.870. The number of carbonyl (C=O) groups excluding carboxylic acids is 1. The van der Waals surface area contributed by atoms with Gasteiger partial charge in [-0.2, -0.15) is 0 Å². The molecule has 2 atom stereocenters. The maximum Gasteiger partial charge on any atom is 0.275 e. The molecule has 2 fully saturated rings. The molecule has 22 heavy (non-hydrogen) atoms. The number of carbonyl (C=O) groups is 1. The molecule has 0 saturated heterocycles. The number of rotatable bonds is 4. The van der Waals surface area contributed by atoms with Crippen molar-refractivity contribution in [1.82, 2.24) is 5.32 Å². The van der Waals surface area contributed by atoms with E-state index in [2.05, 4.69) is 16.8 Å². The van der Waals surface area contributed by atoms with Gasteiger partial charge in [-0.25, -0.2) is 0 Å². The fourth-order valence-corrected chi connectivity index (χ4v) is 5.36. The van der Waals surface area contributed by atoms with Gasteiger partial charge in [0.25, 0.3) is 5.91 Å². The summed E-state index contributed by atoms with van der Waals surface area (Å²) in [5, 5.41) is 5.55. The smallest absolute Gasteiger partial charge is 0.275 e. The summed E-state index contributed by atoms with van der Waals surface area (Å²) >= 11 is 1.91. The molecule has 2 saturated carbocycles. The average Bonchev–Trinajstić information content (AvgIpc) is 3.24. The zero-order chi connectivity index (χ0) is 14.9. The molecule has 2 heterocycles. The first-order valence-corrected chi connectivity index (χ1v) is 9.89. The number of nitrogens with one attached hydrogen (secondary N) is 2. The Labute approximate surface area is 137 Å². The maximum absolute atomic E-state index is 12.5. The van der Waals surface area contributed by atoms with Gasteiger partial charge in [-0.1, -0.05) is 19.3 Å². The van der Waals surface area contributed by atoms with E-state index in [0.29, 0.717) is 18.6 Å². The summed E-state index contributed by atoms with van der Waals surface area (Å²) in [7, 11) is 0. The van der Waals surface area contributed by atoms with E-state index in [0.717, 1.165) is 18.9 Å². The summed E-state index contributed by atoms with van der Waals surface area (Å²) < 4.78 is 0. The van der Waals surface area contributed by atoms with Gasteiger partial charge in [-0.3, -0.25) is 4.79 Å². The van der Waals surface area contributed by atoms with Crippen molar-refractivity contribution in [3.05, 3.63) is 21.9 Å². The van der Waals surface area contributed by atoms with Gasteiger partial charge in [0.05, 0.1) is 6.54 Å². The van der Waals surface area contributed by atoms with Gasteiger partial charge in [0.1, 0.15) is 6.04 Å². The first-order chi connectivity index (χ1) is 10.8. The molecule has 4 heteroatoms. The number of amides is 1.